The summed E-state index contributed by atoms with van der Waals surface area (Å²) in [7, 11) is -3.60. The van der Waals surface area contributed by atoms with Gasteiger partial charge in [-0.1, -0.05) is 13.8 Å². The number of β-amino-alcohol motifs (C(OH)–C–C–N with tert-alkyl or cyclic N) is 1. The van der Waals surface area contributed by atoms with Gasteiger partial charge in [0.05, 0.1) is 12.4 Å². The molecule has 21 heavy (non-hydrogen) atoms. The molecule has 0 bridgehead atoms. The second-order valence-electron chi connectivity index (χ2n) is 5.81. The Morgan fingerprint density at radius 2 is 1.95 bits per heavy atom. The van der Waals surface area contributed by atoms with Crippen LogP contribution in [0.2, 0.25) is 0 Å². The molecule has 0 spiro atoms. The Kier molecular flexibility index (Phi) is 5.71. The van der Waals surface area contributed by atoms with E-state index in [1.165, 1.54) is 0 Å². The number of aliphatic hydroxyl groups is 1. The summed E-state index contributed by atoms with van der Waals surface area (Å²) < 4.78 is 25.0. The van der Waals surface area contributed by atoms with E-state index < -0.39 is 40.1 Å². The lowest BCUT2D eigenvalue weighted by Gasteiger charge is -2.27. The fourth-order valence-corrected chi connectivity index (χ4v) is 3.13. The summed E-state index contributed by atoms with van der Waals surface area (Å²) in [4.78, 5) is 24.6. The third kappa shape index (κ3) is 5.25. The van der Waals surface area contributed by atoms with E-state index in [4.69, 9.17) is 5.11 Å². The summed E-state index contributed by atoms with van der Waals surface area (Å²) in [6, 6.07) is -2.14. The maximum absolute atomic E-state index is 12.4. The number of carboxylic acids is 1. The van der Waals surface area contributed by atoms with Gasteiger partial charge >= 0.3 is 5.97 Å². The van der Waals surface area contributed by atoms with Crippen molar-refractivity contribution in [3.63, 3.8) is 0 Å². The number of likely N-dealkylation sites (tertiary alicyclic amines) is 1. The van der Waals surface area contributed by atoms with Crippen molar-refractivity contribution in [1.82, 2.24) is 9.62 Å². The molecule has 8 nitrogen and oxygen atoms in total. The number of sulfonamides is 1. The second kappa shape index (κ2) is 6.71. The number of hydrogen-bond donors (Lipinski definition) is 3. The van der Waals surface area contributed by atoms with Gasteiger partial charge in [0.2, 0.25) is 15.9 Å². The van der Waals surface area contributed by atoms with Gasteiger partial charge in [-0.2, -0.15) is 0 Å². The molecule has 1 amide bonds. The number of aliphatic hydroxyl groups excluding tert-OH is 1. The van der Waals surface area contributed by atoms with Crippen LogP contribution in [-0.2, 0) is 19.6 Å². The highest BCUT2D eigenvalue weighted by atomic mass is 32.2. The molecule has 3 atom stereocenters. The van der Waals surface area contributed by atoms with Crippen LogP contribution in [0, 0.1) is 5.92 Å². The molecule has 1 heterocycles. The highest BCUT2D eigenvalue weighted by Gasteiger charge is 2.41. The maximum atomic E-state index is 12.4. The van der Waals surface area contributed by atoms with Gasteiger partial charge in [-0.05, 0) is 12.3 Å². The van der Waals surface area contributed by atoms with Crippen LogP contribution in [0.3, 0.4) is 0 Å². The van der Waals surface area contributed by atoms with Crippen LogP contribution in [0.4, 0.5) is 0 Å². The number of nitrogens with one attached hydrogen (secondary N) is 1. The first kappa shape index (κ1) is 17.9. The first-order chi connectivity index (χ1) is 9.51. The van der Waals surface area contributed by atoms with Crippen molar-refractivity contribution < 1.29 is 28.2 Å². The van der Waals surface area contributed by atoms with Gasteiger partial charge < -0.3 is 15.1 Å². The summed E-state index contributed by atoms with van der Waals surface area (Å²) >= 11 is 0. The topological polar surface area (TPSA) is 124 Å². The van der Waals surface area contributed by atoms with E-state index in [1.54, 1.807) is 0 Å². The van der Waals surface area contributed by atoms with E-state index in [-0.39, 0.29) is 25.3 Å². The van der Waals surface area contributed by atoms with Crippen LogP contribution in [-0.4, -0.2) is 66.4 Å². The molecule has 122 valence electrons. The van der Waals surface area contributed by atoms with E-state index >= 15 is 0 Å². The summed E-state index contributed by atoms with van der Waals surface area (Å²) in [5, 5.41) is 18.7. The largest absolute Gasteiger partial charge is 0.480 e. The van der Waals surface area contributed by atoms with E-state index in [9.17, 15) is 23.1 Å². The quantitative estimate of drug-likeness (QED) is 0.576. The second-order valence-corrected chi connectivity index (χ2v) is 7.59. The molecule has 0 saturated carbocycles. The number of carbonyl (C=O) groups excluding carboxylic acids is 1. The smallest absolute Gasteiger partial charge is 0.326 e. The molecule has 3 N–H and O–H groups in total. The molecule has 2 unspecified atom stereocenters. The zero-order chi connectivity index (χ0) is 16.4. The van der Waals surface area contributed by atoms with Crippen LogP contribution in [0.5, 0.6) is 0 Å². The van der Waals surface area contributed by atoms with E-state index in [2.05, 4.69) is 4.72 Å². The van der Waals surface area contributed by atoms with Crippen molar-refractivity contribution in [3.8, 4) is 0 Å². The number of carboxylic acid groups (broad SMARTS) is 1. The molecule has 1 fully saturated rings. The molecule has 1 aliphatic rings. The zero-order valence-corrected chi connectivity index (χ0v) is 13.1. The number of rotatable bonds is 6. The minimum absolute atomic E-state index is 0.0454. The lowest BCUT2D eigenvalue weighted by Crippen LogP contribution is -2.52. The fraction of sp³-hybridized carbons (Fsp3) is 0.833. The number of nitrogens with zero attached hydrogens (tertiary/aromatic N) is 1. The van der Waals surface area contributed by atoms with Gasteiger partial charge in [-0.15, -0.1) is 0 Å². The van der Waals surface area contributed by atoms with Crippen LogP contribution < -0.4 is 4.72 Å². The highest BCUT2D eigenvalue weighted by Crippen LogP contribution is 2.21. The summed E-state index contributed by atoms with van der Waals surface area (Å²) in [5.74, 6) is -1.77. The van der Waals surface area contributed by atoms with Crippen molar-refractivity contribution in [1.29, 1.82) is 0 Å². The Morgan fingerprint density at radius 1 is 1.38 bits per heavy atom. The van der Waals surface area contributed by atoms with Gasteiger partial charge in [0.15, 0.2) is 0 Å². The monoisotopic (exact) mass is 322 g/mol. The Morgan fingerprint density at radius 3 is 2.38 bits per heavy atom. The molecular weight excluding hydrogens is 300 g/mol. The SMILES string of the molecule is CC(C)CC(NS(C)(=O)=O)C(=O)N1CC(O)C[C@H]1C(=O)O. The minimum atomic E-state index is -3.60. The number of carbonyl (C=O) groups is 2. The molecule has 0 aromatic carbocycles. The Labute approximate surface area is 124 Å². The van der Waals surface area contributed by atoms with Gasteiger partial charge in [0, 0.05) is 13.0 Å². The maximum Gasteiger partial charge on any atom is 0.326 e. The normalized spacial score (nSPS) is 24.3. The average molecular weight is 322 g/mol. The van der Waals surface area contributed by atoms with Crippen LogP contribution >= 0.6 is 0 Å². The highest BCUT2D eigenvalue weighted by molar-refractivity contribution is 7.88. The van der Waals surface area contributed by atoms with Crippen molar-refractivity contribution in [2.45, 2.75) is 44.9 Å². The fourth-order valence-electron chi connectivity index (χ4n) is 2.42. The van der Waals surface area contributed by atoms with Crippen molar-refractivity contribution in [2.75, 3.05) is 12.8 Å². The molecular formula is C12H22N2O6S. The number of hydrogen-bond acceptors (Lipinski definition) is 5. The van der Waals surface area contributed by atoms with Gasteiger partial charge in [-0.25, -0.2) is 17.9 Å². The first-order valence-electron chi connectivity index (χ1n) is 6.70. The molecule has 0 aromatic rings. The zero-order valence-electron chi connectivity index (χ0n) is 12.3. The van der Waals surface area contributed by atoms with E-state index in [0.29, 0.717) is 0 Å². The van der Waals surface area contributed by atoms with Gasteiger partial charge in [0.25, 0.3) is 0 Å². The van der Waals surface area contributed by atoms with E-state index in [0.717, 1.165) is 11.2 Å². The lowest BCUT2D eigenvalue weighted by atomic mass is 10.0. The number of amides is 1. The summed E-state index contributed by atoms with van der Waals surface area (Å²) in [6.07, 6.45) is 0.244. The van der Waals surface area contributed by atoms with Crippen LogP contribution in [0.15, 0.2) is 0 Å². The molecule has 1 aliphatic heterocycles. The van der Waals surface area contributed by atoms with Gasteiger partial charge in [0.1, 0.15) is 12.1 Å². The van der Waals surface area contributed by atoms with E-state index in [1.807, 2.05) is 13.8 Å². The van der Waals surface area contributed by atoms with Crippen molar-refractivity contribution in [3.05, 3.63) is 0 Å². The first-order valence-corrected chi connectivity index (χ1v) is 8.59. The van der Waals surface area contributed by atoms with Crippen LogP contribution in [0.25, 0.3) is 0 Å². The average Bonchev–Trinajstić information content (AvgIpc) is 2.67. The Balaban J connectivity index is 2.95. The Bertz CT molecular complexity index is 504. The third-order valence-corrected chi connectivity index (χ3v) is 3.92. The molecule has 1 rings (SSSR count). The lowest BCUT2D eigenvalue weighted by molar-refractivity contribution is -0.149. The van der Waals surface area contributed by atoms with Gasteiger partial charge in [-0.3, -0.25) is 4.79 Å². The predicted octanol–water partition coefficient (Wildman–Crippen LogP) is -1.00. The summed E-state index contributed by atoms with van der Waals surface area (Å²) in [5.41, 5.74) is 0. The summed E-state index contributed by atoms with van der Waals surface area (Å²) in [6.45, 7) is 3.56. The van der Waals surface area contributed by atoms with Crippen LogP contribution in [0.1, 0.15) is 26.7 Å². The standard InChI is InChI=1S/C12H22N2O6S/c1-7(2)4-9(13-21(3,19)20)11(16)14-6-8(15)5-10(14)12(17)18/h7-10,13,15H,4-6H2,1-3H3,(H,17,18)/t8?,9?,10-/m0/s1. The molecule has 0 aliphatic carbocycles. The number of aliphatic carboxylic acids is 1. The third-order valence-electron chi connectivity index (χ3n) is 3.21. The molecule has 0 radical (unpaired) electrons. The predicted molar refractivity (Wildman–Crippen MR) is 75.0 cm³/mol. The molecule has 1 saturated heterocycles. The molecule has 9 heteroatoms. The van der Waals surface area contributed by atoms with Crippen molar-refractivity contribution >= 4 is 21.9 Å². The molecule has 0 aromatic heterocycles. The van der Waals surface area contributed by atoms with Crippen molar-refractivity contribution in [2.24, 2.45) is 5.92 Å². The Hall–Kier alpha value is -1.19. The minimum Gasteiger partial charge on any atom is -0.480 e.